The maximum Gasteiger partial charge on any atom is 0.269 e. The summed E-state index contributed by atoms with van der Waals surface area (Å²) < 4.78 is 11.9. The molecule has 0 saturated carbocycles. The van der Waals surface area contributed by atoms with Gasteiger partial charge in [0.25, 0.3) is 5.69 Å². The van der Waals surface area contributed by atoms with Crippen LogP contribution in [-0.2, 0) is 13.1 Å². The van der Waals surface area contributed by atoms with Crippen LogP contribution in [0.1, 0.15) is 34.6 Å². The number of aromatic nitrogens is 2. The van der Waals surface area contributed by atoms with Crippen LogP contribution < -0.4 is 0 Å². The number of aryl methyl sites for hydroxylation is 2. The first kappa shape index (κ1) is 27.9. The molecule has 0 bridgehead atoms. The van der Waals surface area contributed by atoms with Crippen LogP contribution in [-0.4, -0.2) is 42.7 Å². The van der Waals surface area contributed by atoms with Crippen LogP contribution in [0.25, 0.3) is 22.9 Å². The van der Waals surface area contributed by atoms with Crippen molar-refractivity contribution in [1.29, 1.82) is 0 Å². The lowest BCUT2D eigenvalue weighted by atomic mass is 10.0. The van der Waals surface area contributed by atoms with Gasteiger partial charge in [0, 0.05) is 36.3 Å². The molecule has 0 aliphatic carbocycles. The number of non-ortho nitro benzene ring substituents is 1. The largest absolute Gasteiger partial charge is 0.441 e. The summed E-state index contributed by atoms with van der Waals surface area (Å²) in [6, 6.07) is 23.9. The lowest BCUT2D eigenvalue weighted by molar-refractivity contribution is -0.384. The van der Waals surface area contributed by atoms with Gasteiger partial charge >= 0.3 is 0 Å². The number of nitro benzene ring substituents is 1. The summed E-state index contributed by atoms with van der Waals surface area (Å²) in [7, 11) is 0. The molecular weight excluding hydrogens is 524 g/mol. The maximum atomic E-state index is 11.4. The second-order valence-electron chi connectivity index (χ2n) is 9.72. The molecular formula is C31H30N4O6. The Kier molecular flexibility index (Phi) is 8.34. The van der Waals surface area contributed by atoms with E-state index in [-0.39, 0.29) is 18.8 Å². The molecule has 5 aromatic rings. The van der Waals surface area contributed by atoms with Crippen molar-refractivity contribution in [3.63, 3.8) is 0 Å². The zero-order valence-corrected chi connectivity index (χ0v) is 22.7. The Morgan fingerprint density at radius 1 is 0.805 bits per heavy atom. The van der Waals surface area contributed by atoms with Crippen LogP contribution in [0.2, 0.25) is 0 Å². The standard InChI is InChI=1S/C31H30N4O6/c1-20-26(32-30(40-20)23-9-5-3-6-10-23)17-34(18-27-21(2)41-31(33-27)24-11-7-4-8-12-24)28(19-36)29(37)22-13-15-25(16-14-22)35(38)39/h3-16,28-29,36-37H,17-19H2,1-2H3/t28-,29-/m0/s1. The maximum absolute atomic E-state index is 11.4. The SMILES string of the molecule is Cc1oc(-c2ccccc2)nc1CN(Cc1nc(-c2ccccc2)oc1C)[C@@H](CO)[C@@H](O)c1ccc([N+](=O)[O-])cc1. The predicted molar refractivity (Wildman–Crippen MR) is 152 cm³/mol. The van der Waals surface area contributed by atoms with Crippen LogP contribution in [0, 0.1) is 24.0 Å². The average molecular weight is 555 g/mol. The van der Waals surface area contributed by atoms with E-state index >= 15 is 0 Å². The molecule has 0 radical (unpaired) electrons. The van der Waals surface area contributed by atoms with Crippen molar-refractivity contribution in [2.24, 2.45) is 0 Å². The quantitative estimate of drug-likeness (QED) is 0.157. The first-order chi connectivity index (χ1) is 19.8. The fourth-order valence-electron chi connectivity index (χ4n) is 4.66. The van der Waals surface area contributed by atoms with E-state index in [1.54, 1.807) is 0 Å². The highest BCUT2D eigenvalue weighted by Crippen LogP contribution is 2.30. The highest BCUT2D eigenvalue weighted by Gasteiger charge is 2.30. The molecule has 5 rings (SSSR count). The molecule has 2 atom stereocenters. The van der Waals surface area contributed by atoms with Crippen LogP contribution >= 0.6 is 0 Å². The minimum Gasteiger partial charge on any atom is -0.441 e. The number of nitro groups is 1. The van der Waals surface area contributed by atoms with Crippen molar-refractivity contribution in [1.82, 2.24) is 14.9 Å². The molecule has 0 aliphatic heterocycles. The molecule has 0 amide bonds. The number of aliphatic hydroxyl groups is 2. The number of rotatable bonds is 11. The van der Waals surface area contributed by atoms with E-state index in [2.05, 4.69) is 0 Å². The molecule has 10 nitrogen and oxygen atoms in total. The van der Waals surface area contributed by atoms with Crippen LogP contribution in [0.5, 0.6) is 0 Å². The van der Waals surface area contributed by atoms with Crippen molar-refractivity contribution in [2.45, 2.75) is 39.1 Å². The zero-order valence-electron chi connectivity index (χ0n) is 22.7. The van der Waals surface area contributed by atoms with Crippen LogP contribution in [0.4, 0.5) is 5.69 Å². The number of hydrogen-bond acceptors (Lipinski definition) is 9. The summed E-state index contributed by atoms with van der Waals surface area (Å²) in [6.45, 7) is 3.70. The molecule has 0 spiro atoms. The van der Waals surface area contributed by atoms with Gasteiger partial charge in [-0.25, -0.2) is 9.97 Å². The van der Waals surface area contributed by atoms with Gasteiger partial charge in [-0.1, -0.05) is 36.4 Å². The topological polar surface area (TPSA) is 139 Å². The van der Waals surface area contributed by atoms with E-state index in [0.717, 1.165) is 11.1 Å². The Bertz CT molecular complexity index is 1510. The minimum absolute atomic E-state index is 0.0864. The molecule has 210 valence electrons. The number of oxazole rings is 2. The second kappa shape index (κ2) is 12.3. The average Bonchev–Trinajstić information content (AvgIpc) is 3.55. The van der Waals surface area contributed by atoms with Gasteiger partial charge in [0.1, 0.15) is 11.5 Å². The fraction of sp³-hybridized carbons (Fsp3) is 0.226. The summed E-state index contributed by atoms with van der Waals surface area (Å²) in [4.78, 5) is 21.9. The molecule has 0 aliphatic rings. The Morgan fingerprint density at radius 2 is 1.27 bits per heavy atom. The summed E-state index contributed by atoms with van der Waals surface area (Å²) in [5.41, 5.74) is 3.29. The molecule has 2 aromatic heterocycles. The van der Waals surface area contributed by atoms with Crippen molar-refractivity contribution in [2.75, 3.05) is 6.61 Å². The van der Waals surface area contributed by atoms with Gasteiger partial charge in [-0.3, -0.25) is 15.0 Å². The Balaban J connectivity index is 1.49. The van der Waals surface area contributed by atoms with Crippen LogP contribution in [0.3, 0.4) is 0 Å². The molecule has 2 N–H and O–H groups in total. The van der Waals surface area contributed by atoms with Gasteiger partial charge in [-0.05, 0) is 55.8 Å². The fourth-order valence-corrected chi connectivity index (χ4v) is 4.66. The van der Waals surface area contributed by atoms with Crippen molar-refractivity contribution < 1.29 is 24.0 Å². The zero-order chi connectivity index (χ0) is 28.9. The highest BCUT2D eigenvalue weighted by molar-refractivity contribution is 5.54. The van der Waals surface area contributed by atoms with E-state index in [0.29, 0.717) is 40.3 Å². The third-order valence-electron chi connectivity index (χ3n) is 7.00. The van der Waals surface area contributed by atoms with Gasteiger partial charge in [0.05, 0.1) is 35.1 Å². The normalized spacial score (nSPS) is 12.9. The van der Waals surface area contributed by atoms with E-state index in [9.17, 15) is 20.3 Å². The van der Waals surface area contributed by atoms with Gasteiger partial charge in [-0.15, -0.1) is 0 Å². The van der Waals surface area contributed by atoms with Gasteiger partial charge in [-0.2, -0.15) is 0 Å². The number of aliphatic hydroxyl groups excluding tert-OH is 2. The molecule has 2 heterocycles. The summed E-state index contributed by atoms with van der Waals surface area (Å²) in [6.07, 6.45) is -1.16. The number of hydrogen-bond donors (Lipinski definition) is 2. The molecule has 10 heteroatoms. The number of benzene rings is 3. The van der Waals surface area contributed by atoms with E-state index in [1.807, 2.05) is 79.4 Å². The smallest absolute Gasteiger partial charge is 0.269 e. The van der Waals surface area contributed by atoms with Crippen molar-refractivity contribution >= 4 is 5.69 Å². The molecule has 0 unspecified atom stereocenters. The second-order valence-corrected chi connectivity index (χ2v) is 9.72. The monoisotopic (exact) mass is 554 g/mol. The molecule has 0 fully saturated rings. The van der Waals surface area contributed by atoms with Gasteiger partial charge < -0.3 is 19.0 Å². The Morgan fingerprint density at radius 3 is 1.68 bits per heavy atom. The van der Waals surface area contributed by atoms with Crippen molar-refractivity contribution in [3.05, 3.63) is 124 Å². The molecule has 41 heavy (non-hydrogen) atoms. The third kappa shape index (κ3) is 6.25. The third-order valence-corrected chi connectivity index (χ3v) is 7.00. The summed E-state index contributed by atoms with van der Waals surface area (Å²) in [5, 5.41) is 33.0. The van der Waals surface area contributed by atoms with Crippen LogP contribution in [0.15, 0.2) is 93.8 Å². The Hall–Kier alpha value is -4.64. The number of nitrogens with zero attached hydrogens (tertiary/aromatic N) is 4. The minimum atomic E-state index is -1.16. The summed E-state index contributed by atoms with van der Waals surface area (Å²) >= 11 is 0. The van der Waals surface area contributed by atoms with E-state index < -0.39 is 23.7 Å². The highest BCUT2D eigenvalue weighted by atomic mass is 16.6. The van der Waals surface area contributed by atoms with E-state index in [1.165, 1.54) is 24.3 Å². The Labute approximate surface area is 236 Å². The van der Waals surface area contributed by atoms with Gasteiger partial charge in [0.2, 0.25) is 11.8 Å². The molecule has 3 aromatic carbocycles. The first-order valence-corrected chi connectivity index (χ1v) is 13.1. The first-order valence-electron chi connectivity index (χ1n) is 13.1. The predicted octanol–water partition coefficient (Wildman–Crippen LogP) is 5.62. The van der Waals surface area contributed by atoms with Crippen molar-refractivity contribution in [3.8, 4) is 22.9 Å². The molecule has 0 saturated heterocycles. The van der Waals surface area contributed by atoms with E-state index in [4.69, 9.17) is 18.8 Å². The lowest BCUT2D eigenvalue weighted by Gasteiger charge is -2.33. The lowest BCUT2D eigenvalue weighted by Crippen LogP contribution is -2.42. The van der Waals surface area contributed by atoms with Gasteiger partial charge in [0.15, 0.2) is 0 Å². The summed E-state index contributed by atoms with van der Waals surface area (Å²) in [5.74, 6) is 2.16.